The van der Waals surface area contributed by atoms with E-state index in [-0.39, 0.29) is 0 Å². The van der Waals surface area contributed by atoms with E-state index >= 15 is 0 Å². The first kappa shape index (κ1) is 9.26. The number of rotatable bonds is 1. The Balaban J connectivity index is 2.60. The van der Waals surface area contributed by atoms with E-state index in [0.717, 1.165) is 0 Å². The molecule has 0 N–H and O–H groups in total. The molecule has 1 unspecified atom stereocenters. The van der Waals surface area contributed by atoms with Gasteiger partial charge in [0.2, 0.25) is 0 Å². The average Bonchev–Trinajstić information content (AvgIpc) is 2.45. The Kier molecular flexibility index (Phi) is 2.28. The third-order valence-electron chi connectivity index (χ3n) is 3.13. The first-order chi connectivity index (χ1) is 6.75. The van der Waals surface area contributed by atoms with Crippen molar-refractivity contribution >= 4 is 5.57 Å². The Morgan fingerprint density at radius 1 is 1.21 bits per heavy atom. The van der Waals surface area contributed by atoms with E-state index in [1.54, 1.807) is 0 Å². The normalized spacial score (nSPS) is 20.6. The van der Waals surface area contributed by atoms with Gasteiger partial charge in [-0.25, -0.2) is 0 Å². The van der Waals surface area contributed by atoms with E-state index in [1.165, 1.54) is 22.3 Å². The van der Waals surface area contributed by atoms with E-state index in [2.05, 4.69) is 57.2 Å². The fourth-order valence-corrected chi connectivity index (χ4v) is 2.19. The van der Waals surface area contributed by atoms with Crippen molar-refractivity contribution in [3.8, 4) is 0 Å². The van der Waals surface area contributed by atoms with Crippen LogP contribution in [-0.2, 0) is 0 Å². The molecule has 0 saturated heterocycles. The van der Waals surface area contributed by atoms with Crippen molar-refractivity contribution < 1.29 is 0 Å². The molecule has 1 atom stereocenters. The lowest BCUT2D eigenvalue weighted by atomic mass is 9.99. The maximum Gasteiger partial charge on any atom is 0.00324 e. The van der Waals surface area contributed by atoms with Gasteiger partial charge in [0, 0.05) is 5.92 Å². The van der Waals surface area contributed by atoms with Gasteiger partial charge in [-0.3, -0.25) is 0 Å². The van der Waals surface area contributed by atoms with Crippen LogP contribution in [0.1, 0.15) is 37.8 Å². The molecular weight excluding hydrogens is 168 g/mol. The van der Waals surface area contributed by atoms with Crippen LogP contribution in [0.15, 0.2) is 42.0 Å². The van der Waals surface area contributed by atoms with Crippen LogP contribution in [0.5, 0.6) is 0 Å². The van der Waals surface area contributed by atoms with Crippen molar-refractivity contribution in [2.45, 2.75) is 26.7 Å². The molecule has 72 valence electrons. The third-order valence-corrected chi connectivity index (χ3v) is 3.13. The second-order valence-electron chi connectivity index (χ2n) is 3.91. The minimum Gasteiger partial charge on any atom is -0.0870 e. The fourth-order valence-electron chi connectivity index (χ4n) is 2.19. The molecule has 1 aromatic rings. The highest BCUT2D eigenvalue weighted by molar-refractivity contribution is 5.83. The molecule has 0 heteroatoms. The van der Waals surface area contributed by atoms with Crippen molar-refractivity contribution in [1.29, 1.82) is 0 Å². The van der Waals surface area contributed by atoms with Crippen molar-refractivity contribution in [2.75, 3.05) is 0 Å². The van der Waals surface area contributed by atoms with Gasteiger partial charge >= 0.3 is 0 Å². The lowest BCUT2D eigenvalue weighted by Crippen LogP contribution is -1.88. The Morgan fingerprint density at radius 3 is 2.64 bits per heavy atom. The number of fused-ring (bicyclic) bond motifs is 1. The Morgan fingerprint density at radius 2 is 1.93 bits per heavy atom. The molecule has 1 aromatic carbocycles. The van der Waals surface area contributed by atoms with Crippen LogP contribution in [-0.4, -0.2) is 0 Å². The molecule has 0 fully saturated rings. The lowest BCUT2D eigenvalue weighted by molar-refractivity contribution is 0.920. The first-order valence-electron chi connectivity index (χ1n) is 5.18. The van der Waals surface area contributed by atoms with Gasteiger partial charge in [0.15, 0.2) is 0 Å². The number of benzene rings is 1. The smallest absolute Gasteiger partial charge is 0.00324 e. The highest BCUT2D eigenvalue weighted by atomic mass is 14.3. The predicted octanol–water partition coefficient (Wildman–Crippen LogP) is 4.15. The molecule has 1 aliphatic rings. The van der Waals surface area contributed by atoms with E-state index in [4.69, 9.17) is 0 Å². The quantitative estimate of drug-likeness (QED) is 0.615. The summed E-state index contributed by atoms with van der Waals surface area (Å²) in [5.41, 5.74) is 5.79. The van der Waals surface area contributed by atoms with E-state index in [1.807, 2.05) is 0 Å². The molecule has 0 saturated carbocycles. The summed E-state index contributed by atoms with van der Waals surface area (Å²) in [6.45, 7) is 6.59. The molecule has 14 heavy (non-hydrogen) atoms. The van der Waals surface area contributed by atoms with Gasteiger partial charge in [0.1, 0.15) is 0 Å². The number of hydrogen-bond donors (Lipinski definition) is 0. The highest BCUT2D eigenvalue weighted by Gasteiger charge is 2.22. The van der Waals surface area contributed by atoms with Crippen molar-refractivity contribution in [3.63, 3.8) is 0 Å². The summed E-state index contributed by atoms with van der Waals surface area (Å²) in [7, 11) is 0. The highest BCUT2D eigenvalue weighted by Crippen LogP contribution is 2.41. The SMILES string of the molecule is CC=CC1=C(C)C(C)c2ccccc21. The van der Waals surface area contributed by atoms with Crippen LogP contribution in [0.2, 0.25) is 0 Å². The predicted molar refractivity (Wildman–Crippen MR) is 62.3 cm³/mol. The minimum absolute atomic E-state index is 0.581. The molecule has 0 spiro atoms. The second kappa shape index (κ2) is 3.45. The first-order valence-corrected chi connectivity index (χ1v) is 5.18. The number of allylic oxidation sites excluding steroid dienone is 4. The Hall–Kier alpha value is -1.30. The Bertz CT molecular complexity index is 408. The van der Waals surface area contributed by atoms with E-state index in [0.29, 0.717) is 5.92 Å². The molecule has 0 aliphatic heterocycles. The molecule has 0 radical (unpaired) electrons. The molecule has 0 nitrogen and oxygen atoms in total. The fraction of sp³-hybridized carbons (Fsp3) is 0.286. The van der Waals surface area contributed by atoms with Gasteiger partial charge in [-0.2, -0.15) is 0 Å². The monoisotopic (exact) mass is 184 g/mol. The van der Waals surface area contributed by atoms with Gasteiger partial charge in [-0.05, 0) is 30.5 Å². The van der Waals surface area contributed by atoms with Crippen LogP contribution < -0.4 is 0 Å². The largest absolute Gasteiger partial charge is 0.0870 e. The van der Waals surface area contributed by atoms with Crippen molar-refractivity contribution in [2.24, 2.45) is 0 Å². The molecular formula is C14H16. The molecule has 0 amide bonds. The van der Waals surface area contributed by atoms with Crippen LogP contribution in [0.4, 0.5) is 0 Å². The average molecular weight is 184 g/mol. The van der Waals surface area contributed by atoms with Crippen LogP contribution in [0.3, 0.4) is 0 Å². The number of hydrogen-bond acceptors (Lipinski definition) is 0. The van der Waals surface area contributed by atoms with Gasteiger partial charge in [0.05, 0.1) is 0 Å². The zero-order valence-electron chi connectivity index (χ0n) is 9.04. The minimum atomic E-state index is 0.581. The second-order valence-corrected chi connectivity index (χ2v) is 3.91. The topological polar surface area (TPSA) is 0 Å². The van der Waals surface area contributed by atoms with Crippen LogP contribution in [0.25, 0.3) is 5.57 Å². The third kappa shape index (κ3) is 1.22. The molecule has 1 aliphatic carbocycles. The van der Waals surface area contributed by atoms with Crippen LogP contribution in [0, 0.1) is 0 Å². The zero-order chi connectivity index (χ0) is 10.1. The summed E-state index contributed by atoms with van der Waals surface area (Å²) in [6, 6.07) is 8.70. The summed E-state index contributed by atoms with van der Waals surface area (Å²) in [4.78, 5) is 0. The summed E-state index contributed by atoms with van der Waals surface area (Å²) in [6.07, 6.45) is 4.34. The van der Waals surface area contributed by atoms with Gasteiger partial charge < -0.3 is 0 Å². The maximum absolute atomic E-state index is 2.28. The molecule has 0 heterocycles. The van der Waals surface area contributed by atoms with Crippen LogP contribution >= 0.6 is 0 Å². The Labute approximate surface area is 86.0 Å². The van der Waals surface area contributed by atoms with Gasteiger partial charge in [0.25, 0.3) is 0 Å². The standard InChI is InChI=1S/C14H16/c1-4-7-12-10(2)11(3)13-8-5-6-9-14(12)13/h4-9,11H,1-3H3. The molecule has 0 aromatic heterocycles. The molecule has 2 rings (SSSR count). The van der Waals surface area contributed by atoms with Gasteiger partial charge in [-0.15, -0.1) is 0 Å². The molecule has 0 bridgehead atoms. The lowest BCUT2D eigenvalue weighted by Gasteiger charge is -2.05. The van der Waals surface area contributed by atoms with Crippen molar-refractivity contribution in [3.05, 3.63) is 53.1 Å². The van der Waals surface area contributed by atoms with Crippen molar-refractivity contribution in [1.82, 2.24) is 0 Å². The van der Waals surface area contributed by atoms with Gasteiger partial charge in [-0.1, -0.05) is 48.9 Å². The zero-order valence-corrected chi connectivity index (χ0v) is 9.04. The summed E-state index contributed by atoms with van der Waals surface area (Å²) in [5, 5.41) is 0. The summed E-state index contributed by atoms with van der Waals surface area (Å²) >= 11 is 0. The van der Waals surface area contributed by atoms with E-state index < -0.39 is 0 Å². The summed E-state index contributed by atoms with van der Waals surface area (Å²) < 4.78 is 0. The maximum atomic E-state index is 2.28. The summed E-state index contributed by atoms with van der Waals surface area (Å²) in [5.74, 6) is 0.581. The van der Waals surface area contributed by atoms with E-state index in [9.17, 15) is 0 Å².